The van der Waals surface area contributed by atoms with Gasteiger partial charge < -0.3 is 15.0 Å². The Kier molecular flexibility index (Phi) is 7.11. The highest BCUT2D eigenvalue weighted by Crippen LogP contribution is 2.23. The molecule has 1 fully saturated rings. The van der Waals surface area contributed by atoms with Crippen LogP contribution in [0.15, 0.2) is 53.0 Å². The standard InChI is InChI=1S/C20H22BrN3O5S/c1-30(27,28)24(14-19(25)22-18-5-3-2-4-17(18)21)16-8-6-15(7-9-16)20(26)23-10-12-29-13-11-23/h2-9H,10-14H2,1H3,(H,22,25). The fourth-order valence-electron chi connectivity index (χ4n) is 3.00. The van der Waals surface area contributed by atoms with Crippen LogP contribution >= 0.6 is 15.9 Å². The van der Waals surface area contributed by atoms with Gasteiger partial charge in [0.15, 0.2) is 0 Å². The normalized spacial score (nSPS) is 14.3. The topological polar surface area (TPSA) is 96.0 Å². The zero-order valence-electron chi connectivity index (χ0n) is 16.4. The van der Waals surface area contributed by atoms with Gasteiger partial charge in [0.25, 0.3) is 5.91 Å². The smallest absolute Gasteiger partial charge is 0.254 e. The minimum atomic E-state index is -3.72. The molecule has 0 spiro atoms. The molecule has 0 saturated carbocycles. The number of rotatable bonds is 6. The summed E-state index contributed by atoms with van der Waals surface area (Å²) in [6.45, 7) is 1.64. The summed E-state index contributed by atoms with van der Waals surface area (Å²) in [7, 11) is -3.72. The fourth-order valence-corrected chi connectivity index (χ4v) is 4.24. The lowest BCUT2D eigenvalue weighted by Crippen LogP contribution is -2.40. The Morgan fingerprint density at radius 2 is 1.73 bits per heavy atom. The second-order valence-electron chi connectivity index (χ2n) is 6.75. The van der Waals surface area contributed by atoms with Crippen molar-refractivity contribution in [3.8, 4) is 0 Å². The third-order valence-corrected chi connectivity index (χ3v) is 6.37. The van der Waals surface area contributed by atoms with Crippen LogP contribution < -0.4 is 9.62 Å². The van der Waals surface area contributed by atoms with Crippen molar-refractivity contribution < 1.29 is 22.7 Å². The molecule has 2 amide bonds. The third-order valence-electron chi connectivity index (χ3n) is 4.54. The maximum Gasteiger partial charge on any atom is 0.254 e. The predicted molar refractivity (Wildman–Crippen MR) is 118 cm³/mol. The Bertz CT molecular complexity index is 1020. The van der Waals surface area contributed by atoms with Crippen LogP contribution in [0.3, 0.4) is 0 Å². The first-order valence-corrected chi connectivity index (χ1v) is 11.9. The average Bonchev–Trinajstić information content (AvgIpc) is 2.73. The molecule has 0 atom stereocenters. The zero-order valence-corrected chi connectivity index (χ0v) is 18.8. The Hall–Kier alpha value is -2.43. The monoisotopic (exact) mass is 495 g/mol. The molecule has 3 rings (SSSR count). The van der Waals surface area contributed by atoms with E-state index < -0.39 is 22.5 Å². The van der Waals surface area contributed by atoms with Gasteiger partial charge in [0.1, 0.15) is 6.54 Å². The van der Waals surface area contributed by atoms with Gasteiger partial charge in [-0.2, -0.15) is 0 Å². The number of carbonyl (C=O) groups is 2. The lowest BCUT2D eigenvalue weighted by atomic mass is 10.1. The quantitative estimate of drug-likeness (QED) is 0.663. The van der Waals surface area contributed by atoms with Crippen molar-refractivity contribution in [3.05, 3.63) is 58.6 Å². The Morgan fingerprint density at radius 3 is 2.33 bits per heavy atom. The summed E-state index contributed by atoms with van der Waals surface area (Å²) in [5.41, 5.74) is 1.30. The van der Waals surface area contributed by atoms with Gasteiger partial charge in [-0.15, -0.1) is 0 Å². The van der Waals surface area contributed by atoms with E-state index in [2.05, 4.69) is 21.2 Å². The molecule has 0 bridgehead atoms. The molecule has 1 heterocycles. The molecule has 2 aromatic carbocycles. The van der Waals surface area contributed by atoms with Crippen LogP contribution in [0.25, 0.3) is 0 Å². The van der Waals surface area contributed by atoms with E-state index in [1.165, 1.54) is 12.1 Å². The van der Waals surface area contributed by atoms with Crippen molar-refractivity contribution in [1.82, 2.24) is 4.90 Å². The molecule has 0 unspecified atom stereocenters. The lowest BCUT2D eigenvalue weighted by molar-refractivity contribution is -0.114. The maximum absolute atomic E-state index is 12.6. The van der Waals surface area contributed by atoms with Gasteiger partial charge in [-0.25, -0.2) is 8.42 Å². The van der Waals surface area contributed by atoms with Crippen molar-refractivity contribution in [2.24, 2.45) is 0 Å². The van der Waals surface area contributed by atoms with Crippen molar-refractivity contribution in [2.45, 2.75) is 0 Å². The summed E-state index contributed by atoms with van der Waals surface area (Å²) in [4.78, 5) is 26.7. The van der Waals surface area contributed by atoms with Crippen molar-refractivity contribution >= 4 is 49.1 Å². The van der Waals surface area contributed by atoms with E-state index >= 15 is 0 Å². The van der Waals surface area contributed by atoms with E-state index in [0.717, 1.165) is 10.6 Å². The number of hydrogen-bond acceptors (Lipinski definition) is 5. The number of benzene rings is 2. The fraction of sp³-hybridized carbons (Fsp3) is 0.300. The van der Waals surface area contributed by atoms with Gasteiger partial charge in [-0.1, -0.05) is 12.1 Å². The van der Waals surface area contributed by atoms with Crippen molar-refractivity contribution in [2.75, 3.05) is 48.7 Å². The van der Waals surface area contributed by atoms with Gasteiger partial charge in [-0.3, -0.25) is 13.9 Å². The van der Waals surface area contributed by atoms with Crippen LogP contribution in [0, 0.1) is 0 Å². The van der Waals surface area contributed by atoms with Gasteiger partial charge in [0.2, 0.25) is 15.9 Å². The van der Waals surface area contributed by atoms with E-state index in [-0.39, 0.29) is 5.91 Å². The molecular formula is C20H22BrN3O5S. The third kappa shape index (κ3) is 5.59. The number of nitrogens with zero attached hydrogens (tertiary/aromatic N) is 2. The number of sulfonamides is 1. The summed E-state index contributed by atoms with van der Waals surface area (Å²) in [5.74, 6) is -0.622. The van der Waals surface area contributed by atoms with E-state index in [0.29, 0.717) is 47.7 Å². The van der Waals surface area contributed by atoms with Crippen LogP contribution in [-0.2, 0) is 19.6 Å². The molecule has 1 N–H and O–H groups in total. The summed E-state index contributed by atoms with van der Waals surface area (Å²) >= 11 is 3.34. The summed E-state index contributed by atoms with van der Waals surface area (Å²) in [5, 5.41) is 2.69. The van der Waals surface area contributed by atoms with Gasteiger partial charge >= 0.3 is 0 Å². The molecule has 0 aromatic heterocycles. The molecule has 8 nitrogen and oxygen atoms in total. The minimum Gasteiger partial charge on any atom is -0.378 e. The average molecular weight is 496 g/mol. The van der Waals surface area contributed by atoms with Crippen molar-refractivity contribution in [1.29, 1.82) is 0 Å². The number of carbonyl (C=O) groups excluding carboxylic acids is 2. The number of halogens is 1. The Balaban J connectivity index is 1.74. The highest BCUT2D eigenvalue weighted by molar-refractivity contribution is 9.10. The number of amides is 2. The lowest BCUT2D eigenvalue weighted by Gasteiger charge is -2.27. The first-order valence-electron chi connectivity index (χ1n) is 9.25. The van der Waals surface area contributed by atoms with Crippen molar-refractivity contribution in [3.63, 3.8) is 0 Å². The van der Waals surface area contributed by atoms with Crippen LogP contribution in [0.1, 0.15) is 10.4 Å². The second-order valence-corrected chi connectivity index (χ2v) is 9.51. The molecule has 1 saturated heterocycles. The van der Waals surface area contributed by atoms with Crippen LogP contribution in [0.5, 0.6) is 0 Å². The first-order chi connectivity index (χ1) is 14.3. The molecule has 10 heteroatoms. The Labute approximate surface area is 184 Å². The van der Waals surface area contributed by atoms with Crippen LogP contribution in [0.2, 0.25) is 0 Å². The zero-order chi connectivity index (χ0) is 21.7. The predicted octanol–water partition coefficient (Wildman–Crippen LogP) is 2.33. The summed E-state index contributed by atoms with van der Waals surface area (Å²) < 4.78 is 31.5. The molecule has 160 valence electrons. The summed E-state index contributed by atoms with van der Waals surface area (Å²) in [6.07, 6.45) is 1.03. The SMILES string of the molecule is CS(=O)(=O)N(CC(=O)Nc1ccccc1Br)c1ccc(C(=O)N2CCOCC2)cc1. The van der Waals surface area contributed by atoms with Gasteiger partial charge in [-0.05, 0) is 52.3 Å². The highest BCUT2D eigenvalue weighted by Gasteiger charge is 2.23. The molecular weight excluding hydrogens is 474 g/mol. The second kappa shape index (κ2) is 9.59. The maximum atomic E-state index is 12.6. The molecule has 0 aliphatic carbocycles. The van der Waals surface area contributed by atoms with Crippen LogP contribution in [-0.4, -0.2) is 64.2 Å². The van der Waals surface area contributed by atoms with E-state index in [1.54, 1.807) is 35.2 Å². The number of nitrogens with one attached hydrogen (secondary N) is 1. The van der Waals surface area contributed by atoms with E-state index in [1.807, 2.05) is 6.07 Å². The van der Waals surface area contributed by atoms with Gasteiger partial charge in [0.05, 0.1) is 30.8 Å². The van der Waals surface area contributed by atoms with Gasteiger partial charge in [0, 0.05) is 23.1 Å². The van der Waals surface area contributed by atoms with E-state index in [9.17, 15) is 18.0 Å². The number of morpholine rings is 1. The number of ether oxygens (including phenoxy) is 1. The molecule has 2 aromatic rings. The first kappa shape index (κ1) is 22.3. The minimum absolute atomic E-state index is 0.137. The molecule has 0 radical (unpaired) electrons. The Morgan fingerprint density at radius 1 is 1.10 bits per heavy atom. The van der Waals surface area contributed by atoms with Crippen LogP contribution in [0.4, 0.5) is 11.4 Å². The van der Waals surface area contributed by atoms with E-state index in [4.69, 9.17) is 4.74 Å². The number of anilines is 2. The molecule has 30 heavy (non-hydrogen) atoms. The highest BCUT2D eigenvalue weighted by atomic mass is 79.9. The summed E-state index contributed by atoms with van der Waals surface area (Å²) in [6, 6.07) is 13.2. The number of para-hydroxylation sites is 1. The number of hydrogen-bond donors (Lipinski definition) is 1. The molecule has 1 aliphatic heterocycles. The largest absolute Gasteiger partial charge is 0.378 e. The molecule has 1 aliphatic rings.